The van der Waals surface area contributed by atoms with Gasteiger partial charge in [0.2, 0.25) is 0 Å². The van der Waals surface area contributed by atoms with Crippen molar-refractivity contribution in [3.8, 4) is 0 Å². The highest BCUT2D eigenvalue weighted by molar-refractivity contribution is 7.13. The number of β-lactam (4-membered cyclic amide) rings is 1. The van der Waals surface area contributed by atoms with E-state index in [0.29, 0.717) is 0 Å². The maximum absolute atomic E-state index is 12.2. The summed E-state index contributed by atoms with van der Waals surface area (Å²) >= 11 is 1.13. The highest BCUT2D eigenvalue weighted by Crippen LogP contribution is 2.13. The zero-order chi connectivity index (χ0) is 17.0. The monoisotopic (exact) mass is 342 g/mol. The van der Waals surface area contributed by atoms with Crippen molar-refractivity contribution in [2.75, 3.05) is 25.9 Å². The summed E-state index contributed by atoms with van der Waals surface area (Å²) in [5.74, 6) is -2.19. The van der Waals surface area contributed by atoms with E-state index in [1.807, 2.05) is 0 Å². The standard InChI is InChI=1S/C11H14N6O5S/c1-22-16-8(6-4-23-11(12)15-6)9(20)14-5-3-17(10(5)21)13-2-7(18)19/h4-5,13H,2-3H2,1H3,(H2,12,15)(H,14,20)(H,18,19)/b16-8+. The topological polar surface area (TPSA) is 159 Å². The van der Waals surface area contributed by atoms with Crippen LogP contribution in [0.4, 0.5) is 5.13 Å². The first-order chi connectivity index (χ1) is 10.9. The average Bonchev–Trinajstić information content (AvgIpc) is 2.92. The third-order valence-corrected chi connectivity index (χ3v) is 3.49. The molecule has 2 heterocycles. The molecule has 1 unspecified atom stereocenters. The Kier molecular flexibility index (Phi) is 5.08. The molecule has 0 spiro atoms. The lowest BCUT2D eigenvalue weighted by Crippen LogP contribution is -2.68. The highest BCUT2D eigenvalue weighted by atomic mass is 32.1. The second kappa shape index (κ2) is 7.02. The minimum Gasteiger partial charge on any atom is -0.480 e. The van der Waals surface area contributed by atoms with Crippen LogP contribution in [0.25, 0.3) is 0 Å². The highest BCUT2D eigenvalue weighted by Gasteiger charge is 2.39. The van der Waals surface area contributed by atoms with Crippen LogP contribution in [-0.2, 0) is 19.2 Å². The molecule has 0 aliphatic carbocycles. The number of anilines is 1. The largest absolute Gasteiger partial charge is 0.480 e. The molecule has 0 radical (unpaired) electrons. The van der Waals surface area contributed by atoms with E-state index in [1.54, 1.807) is 0 Å². The quantitative estimate of drug-likeness (QED) is 0.251. The van der Waals surface area contributed by atoms with Gasteiger partial charge in [-0.1, -0.05) is 5.16 Å². The summed E-state index contributed by atoms with van der Waals surface area (Å²) in [6.45, 7) is -0.252. The number of nitrogen functional groups attached to an aromatic ring is 1. The normalized spacial score (nSPS) is 17.6. The summed E-state index contributed by atoms with van der Waals surface area (Å²) in [7, 11) is 1.27. The molecule has 1 aromatic heterocycles. The molecule has 0 aromatic carbocycles. The molecule has 0 saturated carbocycles. The summed E-state index contributed by atoms with van der Waals surface area (Å²) in [6.07, 6.45) is 0. The van der Waals surface area contributed by atoms with Crippen LogP contribution in [0.3, 0.4) is 0 Å². The molecule has 0 bridgehead atoms. The number of nitrogens with zero attached hydrogens (tertiary/aromatic N) is 3. The van der Waals surface area contributed by atoms with Crippen LogP contribution in [0.15, 0.2) is 10.5 Å². The Bertz CT molecular complexity index is 659. The second-order valence-electron chi connectivity index (χ2n) is 4.40. The molecule has 124 valence electrons. The van der Waals surface area contributed by atoms with Gasteiger partial charge in [0.05, 0.1) is 6.54 Å². The maximum atomic E-state index is 12.2. The number of rotatable bonds is 7. The first-order valence-electron chi connectivity index (χ1n) is 6.32. The Balaban J connectivity index is 1.95. The number of carbonyl (C=O) groups excluding carboxylic acids is 2. The molecule has 1 aliphatic rings. The number of hydrazine groups is 1. The molecule has 1 aliphatic heterocycles. The van der Waals surface area contributed by atoms with Crippen LogP contribution in [0.2, 0.25) is 0 Å². The number of oxime groups is 1. The summed E-state index contributed by atoms with van der Waals surface area (Å²) in [5, 5.41) is 17.5. The first kappa shape index (κ1) is 16.6. The zero-order valence-electron chi connectivity index (χ0n) is 12.0. The van der Waals surface area contributed by atoms with Crippen molar-refractivity contribution in [1.29, 1.82) is 0 Å². The fraction of sp³-hybridized carbons (Fsp3) is 0.364. The summed E-state index contributed by atoms with van der Waals surface area (Å²) in [5.41, 5.74) is 8.05. The number of carboxylic acid groups (broad SMARTS) is 1. The molecule has 1 atom stereocenters. The number of nitrogens with one attached hydrogen (secondary N) is 2. The van der Waals surface area contributed by atoms with Crippen LogP contribution in [0.5, 0.6) is 0 Å². The van der Waals surface area contributed by atoms with Crippen LogP contribution in [0.1, 0.15) is 5.69 Å². The first-order valence-corrected chi connectivity index (χ1v) is 7.20. The summed E-state index contributed by atoms with van der Waals surface area (Å²) < 4.78 is 0. The van der Waals surface area contributed by atoms with Crippen LogP contribution in [-0.4, -0.2) is 64.8 Å². The Morgan fingerprint density at radius 3 is 2.91 bits per heavy atom. The van der Waals surface area contributed by atoms with Gasteiger partial charge in [-0.2, -0.15) is 0 Å². The number of carboxylic acids is 1. The summed E-state index contributed by atoms with van der Waals surface area (Å²) in [4.78, 5) is 42.9. The van der Waals surface area contributed by atoms with E-state index in [1.165, 1.54) is 12.5 Å². The summed E-state index contributed by atoms with van der Waals surface area (Å²) in [6, 6.07) is -0.776. The van der Waals surface area contributed by atoms with Gasteiger partial charge in [-0.3, -0.25) is 19.4 Å². The number of aromatic nitrogens is 1. The molecule has 2 amide bonds. The van der Waals surface area contributed by atoms with Crippen molar-refractivity contribution in [1.82, 2.24) is 20.7 Å². The molecule has 1 aromatic rings. The Labute approximate surface area is 134 Å². The minimum atomic E-state index is -1.10. The molecule has 2 rings (SSSR count). The third kappa shape index (κ3) is 3.92. The van der Waals surface area contributed by atoms with E-state index in [-0.39, 0.29) is 29.6 Å². The van der Waals surface area contributed by atoms with Gasteiger partial charge in [0, 0.05) is 5.38 Å². The maximum Gasteiger partial charge on any atom is 0.319 e. The van der Waals surface area contributed by atoms with Gasteiger partial charge in [0.1, 0.15) is 25.4 Å². The Hall–Kier alpha value is -2.73. The van der Waals surface area contributed by atoms with Gasteiger partial charge >= 0.3 is 5.97 Å². The van der Waals surface area contributed by atoms with Crippen LogP contribution >= 0.6 is 11.3 Å². The fourth-order valence-corrected chi connectivity index (χ4v) is 2.31. The lowest BCUT2D eigenvalue weighted by atomic mass is 10.1. The number of carbonyl (C=O) groups is 3. The lowest BCUT2D eigenvalue weighted by Gasteiger charge is -2.38. The van der Waals surface area contributed by atoms with E-state index >= 15 is 0 Å². The molecule has 23 heavy (non-hydrogen) atoms. The van der Waals surface area contributed by atoms with E-state index in [9.17, 15) is 14.4 Å². The van der Waals surface area contributed by atoms with Crippen LogP contribution < -0.4 is 16.5 Å². The van der Waals surface area contributed by atoms with Gasteiger partial charge in [0.15, 0.2) is 10.8 Å². The molecule has 11 nitrogen and oxygen atoms in total. The van der Waals surface area contributed by atoms with Gasteiger partial charge in [-0.25, -0.2) is 10.4 Å². The fourth-order valence-electron chi connectivity index (χ4n) is 1.76. The predicted molar refractivity (Wildman–Crippen MR) is 79.4 cm³/mol. The number of thiazole rings is 1. The molecule has 1 saturated heterocycles. The molecular weight excluding hydrogens is 328 g/mol. The van der Waals surface area contributed by atoms with Gasteiger partial charge in [-0.05, 0) is 0 Å². The molecule has 5 N–H and O–H groups in total. The number of nitrogens with two attached hydrogens (primary N) is 1. The van der Waals surface area contributed by atoms with Crippen molar-refractivity contribution >= 4 is 40.0 Å². The van der Waals surface area contributed by atoms with E-state index < -0.39 is 23.8 Å². The average molecular weight is 342 g/mol. The smallest absolute Gasteiger partial charge is 0.319 e. The van der Waals surface area contributed by atoms with Crippen molar-refractivity contribution in [2.24, 2.45) is 5.16 Å². The van der Waals surface area contributed by atoms with Crippen molar-refractivity contribution in [2.45, 2.75) is 6.04 Å². The number of aliphatic carboxylic acids is 1. The molecule has 1 fully saturated rings. The van der Waals surface area contributed by atoms with Crippen molar-refractivity contribution < 1.29 is 24.3 Å². The molecule has 12 heteroatoms. The number of amides is 2. The molecular formula is C11H14N6O5S. The van der Waals surface area contributed by atoms with Crippen molar-refractivity contribution in [3.05, 3.63) is 11.1 Å². The lowest BCUT2D eigenvalue weighted by molar-refractivity contribution is -0.152. The van der Waals surface area contributed by atoms with Gasteiger partial charge < -0.3 is 21.0 Å². The minimum absolute atomic E-state index is 0.106. The van der Waals surface area contributed by atoms with E-state index in [4.69, 9.17) is 10.8 Å². The zero-order valence-corrected chi connectivity index (χ0v) is 12.8. The van der Waals surface area contributed by atoms with Crippen molar-refractivity contribution in [3.63, 3.8) is 0 Å². The number of hydrogen-bond acceptors (Lipinski definition) is 9. The van der Waals surface area contributed by atoms with E-state index in [0.717, 1.165) is 16.3 Å². The Morgan fingerprint density at radius 2 is 2.39 bits per heavy atom. The van der Waals surface area contributed by atoms with E-state index in [2.05, 4.69) is 25.7 Å². The Morgan fingerprint density at radius 1 is 1.65 bits per heavy atom. The van der Waals surface area contributed by atoms with Gasteiger partial charge in [0.25, 0.3) is 11.8 Å². The third-order valence-electron chi connectivity index (χ3n) is 2.82. The SMILES string of the molecule is CO/N=C(/C(=O)NC1CN(NCC(=O)O)C1=O)c1csc(N)n1. The van der Waals surface area contributed by atoms with Crippen LogP contribution in [0, 0.1) is 0 Å². The predicted octanol–water partition coefficient (Wildman–Crippen LogP) is -2.01. The second-order valence-corrected chi connectivity index (χ2v) is 5.29. The number of hydrogen-bond donors (Lipinski definition) is 4. The van der Waals surface area contributed by atoms with Gasteiger partial charge in [-0.15, -0.1) is 11.3 Å².